The number of alkyl carbamates (subject to hydrolysis) is 1. The van der Waals surface area contributed by atoms with E-state index in [9.17, 15) is 47.3 Å². The summed E-state index contributed by atoms with van der Waals surface area (Å²) in [5.74, 6) is -2.70. The lowest BCUT2D eigenvalue weighted by atomic mass is 10.0. The zero-order valence-corrected chi connectivity index (χ0v) is 37.0. The zero-order chi connectivity index (χ0) is 47.5. The number of nitro benzene ring substituents is 1. The van der Waals surface area contributed by atoms with Gasteiger partial charge in [-0.25, -0.2) is 22.8 Å². The minimum atomic E-state index is -4.20. The summed E-state index contributed by atoms with van der Waals surface area (Å²) in [7, 11) is -4.20. The molecule has 0 saturated heterocycles. The van der Waals surface area contributed by atoms with Crippen LogP contribution in [-0.4, -0.2) is 86.2 Å². The third-order valence-electron chi connectivity index (χ3n) is 8.93. The number of nitrogens with zero attached hydrogens (tertiary/aromatic N) is 1. The monoisotopic (exact) mass is 912 g/mol. The smallest absolute Gasteiger partial charge is 0.444 e. The lowest BCUT2D eigenvalue weighted by Crippen LogP contribution is -2.57. The quantitative estimate of drug-likeness (QED) is 0.0229. The third-order valence-corrected chi connectivity index (χ3v) is 10.4. The Morgan fingerprint density at radius 3 is 1.98 bits per heavy atom. The number of primary amides is 1. The molecule has 1 unspecified atom stereocenters. The first-order valence-electron chi connectivity index (χ1n) is 20.3. The van der Waals surface area contributed by atoms with E-state index in [0.29, 0.717) is 17.7 Å². The molecule has 64 heavy (non-hydrogen) atoms. The minimum absolute atomic E-state index is 0.00456. The number of anilines is 1. The number of ether oxygens (including phenoxy) is 3. The maximum atomic E-state index is 13.9. The number of sulfonamides is 1. The molecule has 0 aliphatic rings. The van der Waals surface area contributed by atoms with Gasteiger partial charge in [-0.15, -0.1) is 0 Å². The van der Waals surface area contributed by atoms with E-state index in [-0.39, 0.29) is 61.7 Å². The number of unbranched alkanes of at least 4 members (excludes halogenated alkanes) is 1. The molecule has 0 spiro atoms. The Morgan fingerprint density at radius 2 is 1.39 bits per heavy atom. The number of benzene rings is 3. The van der Waals surface area contributed by atoms with Gasteiger partial charge in [0, 0.05) is 30.9 Å². The van der Waals surface area contributed by atoms with Crippen molar-refractivity contribution in [2.75, 3.05) is 18.4 Å². The van der Waals surface area contributed by atoms with Gasteiger partial charge in [0.1, 0.15) is 36.1 Å². The number of hydrogen-bond donors (Lipinski definition) is 7. The second-order valence-electron chi connectivity index (χ2n) is 15.7. The summed E-state index contributed by atoms with van der Waals surface area (Å²) in [5, 5.41) is 23.9. The predicted molar refractivity (Wildman–Crippen MR) is 233 cm³/mol. The van der Waals surface area contributed by atoms with E-state index in [1.807, 2.05) is 0 Å². The number of urea groups is 1. The molecule has 3 aromatic carbocycles. The standard InChI is InChI=1S/C42H56N8O13S/c1-27(2)35(48-37(52)34(49-64(59,60)32-12-7-6-8-13-32)14-9-10-24-45-40(55)63-42(3,4)5)38(53)47-33(15-11-25-44-39(43)54)36(51)46-29-18-16-28(17-19-29)26-61-41(56)62-31-22-20-30(21-23-31)50(57)58/h6-8,12-13,16-23,27,33-35,49H,9-11,14-15,24-26H2,1-5H3,(H,45,55)(H,46,51)(H,47,53)(H,48,52)(H3,43,44,54)/t33?,34-,35-/m0/s1. The first-order valence-corrected chi connectivity index (χ1v) is 21.8. The molecule has 6 amide bonds. The fraction of sp³-hybridized carbons (Fsp3) is 0.429. The molecule has 22 heteroatoms. The average Bonchev–Trinajstić information content (AvgIpc) is 3.22. The van der Waals surface area contributed by atoms with Crippen LogP contribution in [0.5, 0.6) is 5.75 Å². The number of carbonyl (C=O) groups excluding carboxylic acids is 6. The highest BCUT2D eigenvalue weighted by molar-refractivity contribution is 7.89. The van der Waals surface area contributed by atoms with Crippen molar-refractivity contribution in [1.82, 2.24) is 26.0 Å². The Bertz CT molecular complexity index is 2170. The Hall–Kier alpha value is -6.81. The van der Waals surface area contributed by atoms with Crippen molar-refractivity contribution in [3.63, 3.8) is 0 Å². The molecule has 0 radical (unpaired) electrons. The van der Waals surface area contributed by atoms with Crippen LogP contribution >= 0.6 is 0 Å². The second kappa shape index (κ2) is 24.7. The molecular formula is C42H56N8O13S. The molecule has 3 rings (SSSR count). The van der Waals surface area contributed by atoms with Gasteiger partial charge in [-0.05, 0) is 101 Å². The van der Waals surface area contributed by atoms with Crippen LogP contribution in [0.2, 0.25) is 0 Å². The van der Waals surface area contributed by atoms with E-state index in [1.165, 1.54) is 60.7 Å². The van der Waals surface area contributed by atoms with E-state index < -0.39 is 80.6 Å². The van der Waals surface area contributed by atoms with Gasteiger partial charge in [0.2, 0.25) is 27.7 Å². The molecule has 0 bridgehead atoms. The number of hydrogen-bond acceptors (Lipinski definition) is 13. The van der Waals surface area contributed by atoms with Crippen molar-refractivity contribution in [2.45, 2.75) is 102 Å². The van der Waals surface area contributed by atoms with E-state index in [2.05, 4.69) is 31.3 Å². The van der Waals surface area contributed by atoms with Crippen LogP contribution in [0.1, 0.15) is 72.3 Å². The van der Waals surface area contributed by atoms with Crippen LogP contribution in [0, 0.1) is 16.0 Å². The molecule has 0 aliphatic heterocycles. The van der Waals surface area contributed by atoms with Crippen LogP contribution in [-0.2, 0) is 40.5 Å². The molecule has 0 saturated carbocycles. The normalized spacial score (nSPS) is 12.7. The maximum Gasteiger partial charge on any atom is 0.514 e. The SMILES string of the molecule is CC(C)[C@H](NC(=O)[C@H](CCCCNC(=O)OC(C)(C)C)NS(=O)(=O)c1ccccc1)C(=O)NC(CCCNC(N)=O)C(=O)Nc1ccc(COC(=O)Oc2ccc([N+](=O)[O-])cc2)cc1. The number of nitrogens with two attached hydrogens (primary N) is 1. The molecule has 3 aromatic rings. The van der Waals surface area contributed by atoms with Gasteiger partial charge in [0.25, 0.3) is 5.69 Å². The first-order chi connectivity index (χ1) is 30.1. The molecule has 8 N–H and O–H groups in total. The summed E-state index contributed by atoms with van der Waals surface area (Å²) in [6.45, 7) is 8.52. The van der Waals surface area contributed by atoms with E-state index >= 15 is 0 Å². The van der Waals surface area contributed by atoms with Gasteiger partial charge in [-0.1, -0.05) is 44.2 Å². The fourth-order valence-corrected chi connectivity index (χ4v) is 6.98. The van der Waals surface area contributed by atoms with Crippen LogP contribution in [0.15, 0.2) is 83.8 Å². The Morgan fingerprint density at radius 1 is 0.766 bits per heavy atom. The second-order valence-corrected chi connectivity index (χ2v) is 17.4. The lowest BCUT2D eigenvalue weighted by Gasteiger charge is -2.27. The van der Waals surface area contributed by atoms with E-state index in [0.717, 1.165) is 0 Å². The Labute approximate surface area is 371 Å². The fourth-order valence-electron chi connectivity index (χ4n) is 5.73. The van der Waals surface area contributed by atoms with Crippen LogP contribution in [0.4, 0.5) is 25.8 Å². The van der Waals surface area contributed by atoms with E-state index in [4.69, 9.17) is 19.9 Å². The highest BCUT2D eigenvalue weighted by atomic mass is 32.2. The molecule has 3 atom stereocenters. The number of non-ortho nitro benzene ring substituents is 1. The molecule has 21 nitrogen and oxygen atoms in total. The van der Waals surface area contributed by atoms with Crippen LogP contribution in [0.25, 0.3) is 0 Å². The highest BCUT2D eigenvalue weighted by Crippen LogP contribution is 2.19. The van der Waals surface area contributed by atoms with Crippen molar-refractivity contribution in [1.29, 1.82) is 0 Å². The van der Waals surface area contributed by atoms with Crippen molar-refractivity contribution in [3.8, 4) is 5.75 Å². The largest absolute Gasteiger partial charge is 0.514 e. The topological polar surface area (TPSA) is 306 Å². The summed E-state index contributed by atoms with van der Waals surface area (Å²) in [4.78, 5) is 87.1. The molecule has 0 aliphatic carbocycles. The Kier molecular flexibility index (Phi) is 19.9. The average molecular weight is 913 g/mol. The zero-order valence-electron chi connectivity index (χ0n) is 36.2. The predicted octanol–water partition coefficient (Wildman–Crippen LogP) is 4.37. The van der Waals surface area contributed by atoms with Gasteiger partial charge >= 0.3 is 18.3 Å². The number of nitro groups is 1. The van der Waals surface area contributed by atoms with Crippen LogP contribution < -0.4 is 41.8 Å². The number of nitrogens with one attached hydrogen (secondary N) is 6. The van der Waals surface area contributed by atoms with Crippen molar-refractivity contribution >= 4 is 57.4 Å². The first kappa shape index (κ1) is 51.5. The highest BCUT2D eigenvalue weighted by Gasteiger charge is 2.33. The third kappa shape index (κ3) is 18.7. The summed E-state index contributed by atoms with van der Waals surface area (Å²) in [6.07, 6.45) is -0.804. The van der Waals surface area contributed by atoms with Gasteiger partial charge in [0.15, 0.2) is 0 Å². The number of rotatable bonds is 23. The molecule has 0 fully saturated rings. The molecule has 0 aromatic heterocycles. The number of carbonyl (C=O) groups is 6. The van der Waals surface area contributed by atoms with E-state index in [1.54, 1.807) is 52.8 Å². The molecule has 348 valence electrons. The molecular weight excluding hydrogens is 857 g/mol. The van der Waals surface area contributed by atoms with Crippen LogP contribution in [0.3, 0.4) is 0 Å². The van der Waals surface area contributed by atoms with Gasteiger partial charge in [-0.3, -0.25) is 24.5 Å². The van der Waals surface area contributed by atoms with Crippen molar-refractivity contribution < 1.29 is 56.3 Å². The molecule has 0 heterocycles. The summed E-state index contributed by atoms with van der Waals surface area (Å²) in [6, 6.07) is 13.9. The Balaban J connectivity index is 1.69. The lowest BCUT2D eigenvalue weighted by molar-refractivity contribution is -0.384. The number of amides is 6. The van der Waals surface area contributed by atoms with Gasteiger partial charge < -0.3 is 46.5 Å². The van der Waals surface area contributed by atoms with Gasteiger partial charge in [0.05, 0.1) is 9.82 Å². The van der Waals surface area contributed by atoms with Gasteiger partial charge in [-0.2, -0.15) is 4.72 Å². The minimum Gasteiger partial charge on any atom is -0.444 e. The maximum absolute atomic E-state index is 13.9. The summed E-state index contributed by atoms with van der Waals surface area (Å²) < 4.78 is 44.5. The summed E-state index contributed by atoms with van der Waals surface area (Å²) >= 11 is 0. The summed E-state index contributed by atoms with van der Waals surface area (Å²) in [5.41, 5.74) is 5.12. The van der Waals surface area contributed by atoms with Crippen molar-refractivity contribution in [2.24, 2.45) is 11.7 Å². The van der Waals surface area contributed by atoms with Crippen molar-refractivity contribution in [3.05, 3.63) is 94.5 Å².